The minimum absolute atomic E-state index is 0.173. The molecule has 1 amide bonds. The molecule has 6 heteroatoms. The van der Waals surface area contributed by atoms with Crippen molar-refractivity contribution in [2.45, 2.75) is 0 Å². The molecule has 0 aliphatic rings. The molecule has 4 aromatic rings. The lowest BCUT2D eigenvalue weighted by atomic mass is 10.1. The number of aromatic amines is 1. The van der Waals surface area contributed by atoms with E-state index in [1.54, 1.807) is 24.3 Å². The standard InChI is InChI=1S/C23H20N4O2/c1-27(2)19-9-6-16(7-10-19)23(29)24-18-8-11-20-21(13-18)26-22(25-20)17-5-3-4-15(12-17)14-28/h3-14H,1-2H3,(H,24,29)(H,25,26). The van der Waals surface area contributed by atoms with Crippen LogP contribution in [0.4, 0.5) is 11.4 Å². The minimum Gasteiger partial charge on any atom is -0.378 e. The van der Waals surface area contributed by atoms with Crippen molar-refractivity contribution in [1.82, 2.24) is 9.97 Å². The number of carbonyl (C=O) groups is 2. The molecule has 0 radical (unpaired) electrons. The normalized spacial score (nSPS) is 10.7. The fraction of sp³-hybridized carbons (Fsp3) is 0.0870. The van der Waals surface area contributed by atoms with Gasteiger partial charge in [-0.05, 0) is 48.5 Å². The molecule has 0 aliphatic carbocycles. The van der Waals surface area contributed by atoms with E-state index in [0.717, 1.165) is 28.6 Å². The van der Waals surface area contributed by atoms with Crippen molar-refractivity contribution in [3.8, 4) is 11.4 Å². The summed E-state index contributed by atoms with van der Waals surface area (Å²) in [5.41, 5.74) is 5.31. The summed E-state index contributed by atoms with van der Waals surface area (Å²) in [5, 5.41) is 2.92. The Morgan fingerprint density at radius 3 is 2.55 bits per heavy atom. The fourth-order valence-corrected chi connectivity index (χ4v) is 3.10. The van der Waals surface area contributed by atoms with Crippen LogP contribution in [-0.2, 0) is 0 Å². The molecule has 0 saturated heterocycles. The highest BCUT2D eigenvalue weighted by atomic mass is 16.1. The number of H-pyrrole nitrogens is 1. The summed E-state index contributed by atoms with van der Waals surface area (Å²) in [6.07, 6.45) is 0.810. The van der Waals surface area contributed by atoms with E-state index >= 15 is 0 Å². The molecule has 1 aromatic heterocycles. The van der Waals surface area contributed by atoms with Crippen molar-refractivity contribution in [3.05, 3.63) is 77.9 Å². The molecule has 29 heavy (non-hydrogen) atoms. The summed E-state index contributed by atoms with van der Waals surface area (Å²) in [5.74, 6) is 0.500. The molecule has 6 nitrogen and oxygen atoms in total. The van der Waals surface area contributed by atoms with E-state index in [0.29, 0.717) is 22.6 Å². The molecule has 4 rings (SSSR count). The second-order valence-corrected chi connectivity index (χ2v) is 6.96. The van der Waals surface area contributed by atoms with Gasteiger partial charge in [-0.15, -0.1) is 0 Å². The van der Waals surface area contributed by atoms with Crippen LogP contribution in [0.15, 0.2) is 66.7 Å². The van der Waals surface area contributed by atoms with Gasteiger partial charge in [0.2, 0.25) is 0 Å². The maximum atomic E-state index is 12.5. The van der Waals surface area contributed by atoms with Gasteiger partial charge in [0.25, 0.3) is 5.91 Å². The summed E-state index contributed by atoms with van der Waals surface area (Å²) in [6.45, 7) is 0. The predicted molar refractivity (Wildman–Crippen MR) is 116 cm³/mol. The third-order valence-corrected chi connectivity index (χ3v) is 4.68. The first-order valence-electron chi connectivity index (χ1n) is 9.17. The Hall–Kier alpha value is -3.93. The van der Waals surface area contributed by atoms with Crippen LogP contribution >= 0.6 is 0 Å². The maximum absolute atomic E-state index is 12.5. The number of imidazole rings is 1. The highest BCUT2D eigenvalue weighted by Crippen LogP contribution is 2.24. The van der Waals surface area contributed by atoms with Crippen LogP contribution in [0.5, 0.6) is 0 Å². The Labute approximate surface area is 168 Å². The lowest BCUT2D eigenvalue weighted by Crippen LogP contribution is -2.13. The molecule has 0 atom stereocenters. The average Bonchev–Trinajstić information content (AvgIpc) is 3.17. The lowest BCUT2D eigenvalue weighted by molar-refractivity contribution is 0.102. The second-order valence-electron chi connectivity index (χ2n) is 6.96. The Kier molecular flexibility index (Phi) is 4.83. The largest absolute Gasteiger partial charge is 0.378 e. The van der Waals surface area contributed by atoms with Crippen molar-refractivity contribution in [1.29, 1.82) is 0 Å². The number of aldehydes is 1. The number of amides is 1. The number of nitrogens with one attached hydrogen (secondary N) is 2. The zero-order chi connectivity index (χ0) is 20.4. The molecular weight excluding hydrogens is 364 g/mol. The fourth-order valence-electron chi connectivity index (χ4n) is 3.10. The maximum Gasteiger partial charge on any atom is 0.255 e. The predicted octanol–water partition coefficient (Wildman–Crippen LogP) is 4.36. The molecule has 0 bridgehead atoms. The molecule has 1 heterocycles. The first kappa shape index (κ1) is 18.4. The number of rotatable bonds is 5. The number of nitrogens with zero attached hydrogens (tertiary/aromatic N) is 2. The van der Waals surface area contributed by atoms with E-state index in [-0.39, 0.29) is 5.91 Å². The van der Waals surface area contributed by atoms with Crippen LogP contribution in [0.2, 0.25) is 0 Å². The second kappa shape index (κ2) is 7.59. The van der Waals surface area contributed by atoms with Crippen molar-refractivity contribution < 1.29 is 9.59 Å². The lowest BCUT2D eigenvalue weighted by Gasteiger charge is -2.12. The third kappa shape index (κ3) is 3.87. The topological polar surface area (TPSA) is 78.1 Å². The van der Waals surface area contributed by atoms with Gasteiger partial charge in [0.05, 0.1) is 11.0 Å². The average molecular weight is 384 g/mol. The smallest absolute Gasteiger partial charge is 0.255 e. The highest BCUT2D eigenvalue weighted by Gasteiger charge is 2.10. The van der Waals surface area contributed by atoms with E-state index in [1.807, 2.05) is 61.5 Å². The van der Waals surface area contributed by atoms with E-state index < -0.39 is 0 Å². The summed E-state index contributed by atoms with van der Waals surface area (Å²) in [4.78, 5) is 33.4. The zero-order valence-electron chi connectivity index (χ0n) is 16.1. The number of anilines is 2. The zero-order valence-corrected chi connectivity index (χ0v) is 16.1. The number of benzene rings is 3. The molecule has 3 aromatic carbocycles. The van der Waals surface area contributed by atoms with Gasteiger partial charge >= 0.3 is 0 Å². The van der Waals surface area contributed by atoms with Gasteiger partial charge in [-0.2, -0.15) is 0 Å². The monoisotopic (exact) mass is 384 g/mol. The van der Waals surface area contributed by atoms with Gasteiger partial charge in [0.1, 0.15) is 12.1 Å². The van der Waals surface area contributed by atoms with Crippen molar-refractivity contribution in [2.24, 2.45) is 0 Å². The number of aromatic nitrogens is 2. The van der Waals surface area contributed by atoms with Crippen LogP contribution in [0.3, 0.4) is 0 Å². The summed E-state index contributed by atoms with van der Waals surface area (Å²) in [7, 11) is 3.91. The summed E-state index contributed by atoms with van der Waals surface area (Å²) >= 11 is 0. The van der Waals surface area contributed by atoms with Crippen molar-refractivity contribution in [2.75, 3.05) is 24.3 Å². The van der Waals surface area contributed by atoms with Gasteiger partial charge in [-0.1, -0.05) is 18.2 Å². The van der Waals surface area contributed by atoms with E-state index in [9.17, 15) is 9.59 Å². The number of fused-ring (bicyclic) bond motifs is 1. The molecule has 0 spiro atoms. The Bertz CT molecular complexity index is 1190. The molecule has 144 valence electrons. The molecule has 2 N–H and O–H groups in total. The van der Waals surface area contributed by atoms with Gasteiger partial charge in [0.15, 0.2) is 0 Å². The number of hydrogen-bond donors (Lipinski definition) is 2. The van der Waals surface area contributed by atoms with Gasteiger partial charge < -0.3 is 15.2 Å². The van der Waals surface area contributed by atoms with Crippen molar-refractivity contribution in [3.63, 3.8) is 0 Å². The number of hydrogen-bond acceptors (Lipinski definition) is 4. The van der Waals surface area contributed by atoms with Gasteiger partial charge in [0, 0.05) is 42.2 Å². The molecular formula is C23H20N4O2. The Morgan fingerprint density at radius 1 is 1.03 bits per heavy atom. The van der Waals surface area contributed by atoms with Gasteiger partial charge in [-0.3, -0.25) is 9.59 Å². The summed E-state index contributed by atoms with van der Waals surface area (Å²) in [6, 6.07) is 20.2. The SMILES string of the molecule is CN(C)c1ccc(C(=O)Nc2ccc3nc(-c4cccc(C=O)c4)[nH]c3c2)cc1. The Balaban J connectivity index is 1.57. The minimum atomic E-state index is -0.173. The number of carbonyl (C=O) groups excluding carboxylic acids is 2. The third-order valence-electron chi connectivity index (χ3n) is 4.68. The van der Waals surface area contributed by atoms with E-state index in [2.05, 4.69) is 15.3 Å². The van der Waals surface area contributed by atoms with Crippen LogP contribution < -0.4 is 10.2 Å². The van der Waals surface area contributed by atoms with Gasteiger partial charge in [-0.25, -0.2) is 4.98 Å². The highest BCUT2D eigenvalue weighted by molar-refractivity contribution is 6.05. The van der Waals surface area contributed by atoms with Crippen LogP contribution in [0, 0.1) is 0 Å². The van der Waals surface area contributed by atoms with Crippen LogP contribution in [-0.4, -0.2) is 36.3 Å². The van der Waals surface area contributed by atoms with Crippen LogP contribution in [0.25, 0.3) is 22.4 Å². The molecule has 0 aliphatic heterocycles. The first-order chi connectivity index (χ1) is 14.0. The van der Waals surface area contributed by atoms with E-state index in [4.69, 9.17) is 0 Å². The molecule has 0 saturated carbocycles. The molecule has 0 fully saturated rings. The quantitative estimate of drug-likeness (QED) is 0.501. The molecule has 0 unspecified atom stereocenters. The van der Waals surface area contributed by atoms with Crippen LogP contribution in [0.1, 0.15) is 20.7 Å². The first-order valence-corrected chi connectivity index (χ1v) is 9.17. The summed E-state index contributed by atoms with van der Waals surface area (Å²) < 4.78 is 0. The van der Waals surface area contributed by atoms with E-state index in [1.165, 1.54) is 0 Å². The Morgan fingerprint density at radius 2 is 1.83 bits per heavy atom. The van der Waals surface area contributed by atoms with Crippen molar-refractivity contribution >= 4 is 34.6 Å².